The van der Waals surface area contributed by atoms with Gasteiger partial charge in [0.25, 0.3) is 0 Å². The van der Waals surface area contributed by atoms with Crippen LogP contribution < -0.4 is 0 Å². The topological polar surface area (TPSA) is 28.7 Å². The zero-order valence-electron chi connectivity index (χ0n) is 8.45. The molecular weight excluding hydrogens is 192 g/mol. The molecule has 2 nitrogen and oxygen atoms in total. The van der Waals surface area contributed by atoms with E-state index in [1.807, 2.05) is 30.2 Å². The Hall–Kier alpha value is -0.960. The summed E-state index contributed by atoms with van der Waals surface area (Å²) in [4.78, 5) is 7.50. The Morgan fingerprint density at radius 3 is 3.14 bits per heavy atom. The molecule has 74 valence electrons. The highest BCUT2D eigenvalue weighted by Gasteiger charge is 2.07. The van der Waals surface area contributed by atoms with Gasteiger partial charge in [0.05, 0.1) is 11.7 Å². The van der Waals surface area contributed by atoms with E-state index in [1.54, 1.807) is 0 Å². The van der Waals surface area contributed by atoms with E-state index in [0.29, 0.717) is 5.92 Å². The lowest BCUT2D eigenvalue weighted by molar-refractivity contribution is 0.850. The van der Waals surface area contributed by atoms with Gasteiger partial charge in [0.15, 0.2) is 0 Å². The first-order chi connectivity index (χ1) is 6.81. The molecule has 0 aliphatic heterocycles. The number of hydrogen-bond acceptors (Lipinski definition) is 2. The molecule has 0 radical (unpaired) electrons. The molecule has 2 rings (SSSR count). The molecule has 0 fully saturated rings. The first-order valence-electron chi connectivity index (χ1n) is 4.73. The number of aromatic amines is 1. The van der Waals surface area contributed by atoms with Gasteiger partial charge >= 0.3 is 0 Å². The fraction of sp³-hybridized carbons (Fsp3) is 0.364. The predicted octanol–water partition coefficient (Wildman–Crippen LogP) is 3.03. The molecule has 0 bridgehead atoms. The summed E-state index contributed by atoms with van der Waals surface area (Å²) < 4.78 is 0. The van der Waals surface area contributed by atoms with Gasteiger partial charge in [0.1, 0.15) is 0 Å². The number of thioether (sulfide) groups is 1. The lowest BCUT2D eigenvalue weighted by Crippen LogP contribution is -1.95. The van der Waals surface area contributed by atoms with Gasteiger partial charge in [-0.05, 0) is 18.4 Å². The zero-order valence-corrected chi connectivity index (χ0v) is 9.27. The molecule has 14 heavy (non-hydrogen) atoms. The van der Waals surface area contributed by atoms with Crippen molar-refractivity contribution in [3.05, 3.63) is 30.2 Å². The number of hydrogen-bond donors (Lipinski definition) is 1. The molecule has 0 amide bonds. The lowest BCUT2D eigenvalue weighted by atomic mass is 10.1. The van der Waals surface area contributed by atoms with Gasteiger partial charge in [-0.3, -0.25) is 4.98 Å². The van der Waals surface area contributed by atoms with E-state index >= 15 is 0 Å². The van der Waals surface area contributed by atoms with Crippen LogP contribution in [-0.4, -0.2) is 22.0 Å². The highest BCUT2D eigenvalue weighted by molar-refractivity contribution is 7.98. The fourth-order valence-electron chi connectivity index (χ4n) is 1.60. The summed E-state index contributed by atoms with van der Waals surface area (Å²) in [5.74, 6) is 1.73. The van der Waals surface area contributed by atoms with Gasteiger partial charge in [0.2, 0.25) is 0 Å². The number of H-pyrrole nitrogens is 1. The van der Waals surface area contributed by atoms with Gasteiger partial charge in [-0.25, -0.2) is 0 Å². The molecule has 2 aromatic rings. The van der Waals surface area contributed by atoms with Crippen LogP contribution in [0.4, 0.5) is 0 Å². The zero-order chi connectivity index (χ0) is 9.97. The number of nitrogens with one attached hydrogen (secondary N) is 1. The second kappa shape index (κ2) is 4.05. The summed E-state index contributed by atoms with van der Waals surface area (Å²) in [6, 6.07) is 4.26. The van der Waals surface area contributed by atoms with Crippen LogP contribution in [0.1, 0.15) is 18.5 Å². The maximum Gasteiger partial charge on any atom is 0.0642 e. The van der Waals surface area contributed by atoms with Crippen molar-refractivity contribution in [1.29, 1.82) is 0 Å². The van der Waals surface area contributed by atoms with Crippen LogP contribution in [0.15, 0.2) is 24.5 Å². The molecule has 0 spiro atoms. The van der Waals surface area contributed by atoms with Crippen molar-refractivity contribution < 1.29 is 0 Å². The maximum absolute atomic E-state index is 4.10. The Kier molecular flexibility index (Phi) is 2.77. The Morgan fingerprint density at radius 1 is 1.57 bits per heavy atom. The van der Waals surface area contributed by atoms with E-state index in [-0.39, 0.29) is 0 Å². The third-order valence-electron chi connectivity index (χ3n) is 2.39. The molecular formula is C11H14N2S. The van der Waals surface area contributed by atoms with E-state index in [2.05, 4.69) is 29.2 Å². The van der Waals surface area contributed by atoms with Crippen LogP contribution in [0.3, 0.4) is 0 Å². The molecule has 1 atom stereocenters. The quantitative estimate of drug-likeness (QED) is 0.836. The summed E-state index contributed by atoms with van der Waals surface area (Å²) in [6.45, 7) is 2.24. The average molecular weight is 206 g/mol. The van der Waals surface area contributed by atoms with Gasteiger partial charge in [-0.15, -0.1) is 0 Å². The minimum absolute atomic E-state index is 0.581. The maximum atomic E-state index is 4.10. The minimum Gasteiger partial charge on any atom is -0.357 e. The number of aromatic nitrogens is 2. The van der Waals surface area contributed by atoms with Crippen molar-refractivity contribution in [3.8, 4) is 0 Å². The third kappa shape index (κ3) is 1.77. The molecule has 0 aliphatic carbocycles. The third-order valence-corrected chi connectivity index (χ3v) is 3.23. The van der Waals surface area contributed by atoms with E-state index < -0.39 is 0 Å². The molecule has 0 saturated carbocycles. The molecule has 1 N–H and O–H groups in total. The monoisotopic (exact) mass is 206 g/mol. The van der Waals surface area contributed by atoms with E-state index in [9.17, 15) is 0 Å². The highest BCUT2D eigenvalue weighted by Crippen LogP contribution is 2.22. The van der Waals surface area contributed by atoms with Crippen LogP contribution in [0.25, 0.3) is 10.9 Å². The Bertz CT molecular complexity index is 389. The molecule has 2 aromatic heterocycles. The predicted molar refractivity (Wildman–Crippen MR) is 62.9 cm³/mol. The van der Waals surface area contributed by atoms with Crippen molar-refractivity contribution in [2.75, 3.05) is 12.0 Å². The van der Waals surface area contributed by atoms with Crippen molar-refractivity contribution in [1.82, 2.24) is 9.97 Å². The average Bonchev–Trinajstić information content (AvgIpc) is 2.61. The van der Waals surface area contributed by atoms with Gasteiger partial charge in [-0.1, -0.05) is 6.92 Å². The second-order valence-corrected chi connectivity index (χ2v) is 4.45. The molecule has 0 aliphatic rings. The van der Waals surface area contributed by atoms with E-state index in [1.165, 1.54) is 11.1 Å². The number of fused-ring (bicyclic) bond motifs is 1. The van der Waals surface area contributed by atoms with Gasteiger partial charge in [0, 0.05) is 28.9 Å². The number of rotatable bonds is 3. The van der Waals surface area contributed by atoms with Crippen LogP contribution in [0.2, 0.25) is 0 Å². The summed E-state index contributed by atoms with van der Waals surface area (Å²) in [5.41, 5.74) is 2.44. The Labute approximate surface area is 88.1 Å². The van der Waals surface area contributed by atoms with Crippen LogP contribution in [0.5, 0.6) is 0 Å². The fourth-order valence-corrected chi connectivity index (χ4v) is 2.28. The Balaban J connectivity index is 2.35. The first kappa shape index (κ1) is 9.59. The largest absolute Gasteiger partial charge is 0.357 e. The smallest absolute Gasteiger partial charge is 0.0642 e. The molecule has 0 aromatic carbocycles. The number of nitrogens with zero attached hydrogens (tertiary/aromatic N) is 1. The summed E-state index contributed by atoms with van der Waals surface area (Å²) in [5, 5.41) is 1.25. The summed E-state index contributed by atoms with van der Waals surface area (Å²) in [6.07, 6.45) is 5.85. The van der Waals surface area contributed by atoms with Gasteiger partial charge < -0.3 is 4.98 Å². The van der Waals surface area contributed by atoms with Gasteiger partial charge in [-0.2, -0.15) is 11.8 Å². The van der Waals surface area contributed by atoms with Crippen LogP contribution >= 0.6 is 11.8 Å². The van der Waals surface area contributed by atoms with E-state index in [4.69, 9.17) is 0 Å². The lowest BCUT2D eigenvalue weighted by Gasteiger charge is -2.05. The van der Waals surface area contributed by atoms with Crippen molar-refractivity contribution >= 4 is 22.7 Å². The normalized spacial score (nSPS) is 13.3. The summed E-state index contributed by atoms with van der Waals surface area (Å²) >= 11 is 1.88. The summed E-state index contributed by atoms with van der Waals surface area (Å²) in [7, 11) is 0. The highest BCUT2D eigenvalue weighted by atomic mass is 32.2. The second-order valence-electron chi connectivity index (χ2n) is 3.54. The molecule has 0 saturated heterocycles. The first-order valence-corrected chi connectivity index (χ1v) is 6.12. The van der Waals surface area contributed by atoms with Crippen molar-refractivity contribution in [2.24, 2.45) is 0 Å². The Morgan fingerprint density at radius 2 is 2.43 bits per heavy atom. The molecule has 2 heterocycles. The SMILES string of the molecule is CSCC(C)c1cc2ccncc2[nH]1. The van der Waals surface area contributed by atoms with Crippen LogP contribution in [-0.2, 0) is 0 Å². The molecule has 1 unspecified atom stereocenters. The van der Waals surface area contributed by atoms with Crippen molar-refractivity contribution in [2.45, 2.75) is 12.8 Å². The minimum atomic E-state index is 0.581. The number of pyridine rings is 1. The van der Waals surface area contributed by atoms with Crippen LogP contribution in [0, 0.1) is 0 Å². The van der Waals surface area contributed by atoms with Crippen molar-refractivity contribution in [3.63, 3.8) is 0 Å². The van der Waals surface area contributed by atoms with E-state index in [0.717, 1.165) is 11.3 Å². The molecule has 3 heteroatoms. The standard InChI is InChI=1S/C11H14N2S/c1-8(7-14-2)10-5-9-3-4-12-6-11(9)13-10/h3-6,8,13H,7H2,1-2H3.